The van der Waals surface area contributed by atoms with Crippen LogP contribution in [-0.4, -0.2) is 14.2 Å². The molecule has 0 aliphatic carbocycles. The molecule has 3 aromatic carbocycles. The van der Waals surface area contributed by atoms with Gasteiger partial charge in [-0.15, -0.1) is 0 Å². The molecule has 0 amide bonds. The third-order valence-electron chi connectivity index (χ3n) is 4.44. The number of ether oxygens (including phenoxy) is 2. The second-order valence-electron chi connectivity index (χ2n) is 6.36. The van der Waals surface area contributed by atoms with Crippen LogP contribution in [0.1, 0.15) is 25.3 Å². The van der Waals surface area contributed by atoms with Gasteiger partial charge in [-0.25, -0.2) is 0 Å². The summed E-state index contributed by atoms with van der Waals surface area (Å²) in [4.78, 5) is 0. The van der Waals surface area contributed by atoms with E-state index in [0.29, 0.717) is 5.92 Å². The fourth-order valence-corrected chi connectivity index (χ4v) is 3.27. The Labute approximate surface area is 150 Å². The van der Waals surface area contributed by atoms with Crippen molar-refractivity contribution in [3.05, 3.63) is 72.3 Å². The van der Waals surface area contributed by atoms with Crippen LogP contribution >= 0.6 is 0 Å². The van der Waals surface area contributed by atoms with Crippen LogP contribution in [0.4, 0.5) is 0 Å². The van der Waals surface area contributed by atoms with Crippen LogP contribution in [0.2, 0.25) is 0 Å². The number of rotatable bonds is 5. The molecule has 0 aromatic heterocycles. The summed E-state index contributed by atoms with van der Waals surface area (Å²) in [6, 6.07) is 23.1. The van der Waals surface area contributed by atoms with E-state index in [9.17, 15) is 0 Å². The molecule has 0 radical (unpaired) electrons. The molecule has 0 saturated carbocycles. The standard InChI is InChI=1S/C23H24O2/c1-16(2)23-21(24-3)14-18(15-22(23)25-4)20-13-9-8-12-19(20)17-10-6-5-7-11-17/h5-16H,1-4H3. The highest BCUT2D eigenvalue weighted by atomic mass is 16.5. The van der Waals surface area contributed by atoms with Gasteiger partial charge in [0.15, 0.2) is 0 Å². The van der Waals surface area contributed by atoms with Gasteiger partial charge in [-0.05, 0) is 40.3 Å². The van der Waals surface area contributed by atoms with E-state index in [0.717, 1.165) is 22.6 Å². The molecule has 25 heavy (non-hydrogen) atoms. The van der Waals surface area contributed by atoms with Gasteiger partial charge in [0.05, 0.1) is 14.2 Å². The van der Waals surface area contributed by atoms with Crippen LogP contribution < -0.4 is 9.47 Å². The van der Waals surface area contributed by atoms with E-state index in [2.05, 4.69) is 74.5 Å². The smallest absolute Gasteiger partial charge is 0.126 e. The van der Waals surface area contributed by atoms with Gasteiger partial charge in [0.1, 0.15) is 11.5 Å². The van der Waals surface area contributed by atoms with Gasteiger partial charge in [0.25, 0.3) is 0 Å². The first-order chi connectivity index (χ1) is 12.2. The van der Waals surface area contributed by atoms with Crippen molar-refractivity contribution in [2.45, 2.75) is 19.8 Å². The summed E-state index contributed by atoms with van der Waals surface area (Å²) in [5.74, 6) is 2.06. The largest absolute Gasteiger partial charge is 0.496 e. The summed E-state index contributed by atoms with van der Waals surface area (Å²) in [5.41, 5.74) is 5.76. The molecule has 0 bridgehead atoms. The average Bonchev–Trinajstić information content (AvgIpc) is 2.67. The molecule has 2 nitrogen and oxygen atoms in total. The Morgan fingerprint density at radius 3 is 1.60 bits per heavy atom. The van der Waals surface area contributed by atoms with Crippen molar-refractivity contribution in [1.82, 2.24) is 0 Å². The van der Waals surface area contributed by atoms with Gasteiger partial charge in [0, 0.05) is 5.56 Å². The molecule has 2 heteroatoms. The highest BCUT2D eigenvalue weighted by Gasteiger charge is 2.17. The molecule has 0 fully saturated rings. The third-order valence-corrected chi connectivity index (χ3v) is 4.44. The van der Waals surface area contributed by atoms with Crippen molar-refractivity contribution >= 4 is 0 Å². The second-order valence-corrected chi connectivity index (χ2v) is 6.36. The Morgan fingerprint density at radius 1 is 0.640 bits per heavy atom. The van der Waals surface area contributed by atoms with Crippen molar-refractivity contribution < 1.29 is 9.47 Å². The highest BCUT2D eigenvalue weighted by molar-refractivity contribution is 5.84. The molecule has 0 atom stereocenters. The van der Waals surface area contributed by atoms with Crippen molar-refractivity contribution in [2.75, 3.05) is 14.2 Å². The zero-order valence-electron chi connectivity index (χ0n) is 15.2. The van der Waals surface area contributed by atoms with Gasteiger partial charge in [0.2, 0.25) is 0 Å². The maximum Gasteiger partial charge on any atom is 0.126 e. The van der Waals surface area contributed by atoms with Crippen LogP contribution in [0.15, 0.2) is 66.7 Å². The maximum absolute atomic E-state index is 5.68. The zero-order chi connectivity index (χ0) is 17.8. The van der Waals surface area contributed by atoms with Crippen LogP contribution in [-0.2, 0) is 0 Å². The molecular weight excluding hydrogens is 308 g/mol. The zero-order valence-corrected chi connectivity index (χ0v) is 15.2. The van der Waals surface area contributed by atoms with Crippen LogP contribution in [0.25, 0.3) is 22.3 Å². The Kier molecular flexibility index (Phi) is 5.08. The fourth-order valence-electron chi connectivity index (χ4n) is 3.27. The maximum atomic E-state index is 5.68. The Hall–Kier alpha value is -2.74. The number of benzene rings is 3. The van der Waals surface area contributed by atoms with Gasteiger partial charge in [-0.3, -0.25) is 0 Å². The molecule has 128 valence electrons. The Balaban J connectivity index is 2.21. The van der Waals surface area contributed by atoms with Crippen molar-refractivity contribution in [2.24, 2.45) is 0 Å². The monoisotopic (exact) mass is 332 g/mol. The molecule has 3 aromatic rings. The minimum atomic E-state index is 0.323. The Morgan fingerprint density at radius 2 is 1.12 bits per heavy atom. The minimum absolute atomic E-state index is 0.323. The van der Waals surface area contributed by atoms with Gasteiger partial charge in [-0.1, -0.05) is 68.4 Å². The van der Waals surface area contributed by atoms with E-state index in [-0.39, 0.29) is 0 Å². The summed E-state index contributed by atoms with van der Waals surface area (Å²) in [6.07, 6.45) is 0. The first-order valence-electron chi connectivity index (χ1n) is 8.56. The SMILES string of the molecule is COc1cc(-c2ccccc2-c2ccccc2)cc(OC)c1C(C)C. The van der Waals surface area contributed by atoms with E-state index in [1.807, 2.05) is 6.07 Å². The molecule has 3 rings (SSSR count). The van der Waals surface area contributed by atoms with Gasteiger partial charge < -0.3 is 9.47 Å². The van der Waals surface area contributed by atoms with Crippen LogP contribution in [0.5, 0.6) is 11.5 Å². The predicted molar refractivity (Wildman–Crippen MR) is 105 cm³/mol. The summed E-state index contributed by atoms with van der Waals surface area (Å²) < 4.78 is 11.4. The lowest BCUT2D eigenvalue weighted by atomic mass is 9.91. The van der Waals surface area contributed by atoms with E-state index in [1.54, 1.807) is 14.2 Å². The third kappa shape index (κ3) is 3.39. The highest BCUT2D eigenvalue weighted by Crippen LogP contribution is 2.41. The second kappa shape index (κ2) is 7.43. The fraction of sp³-hybridized carbons (Fsp3) is 0.217. The lowest BCUT2D eigenvalue weighted by molar-refractivity contribution is 0.382. The molecule has 0 heterocycles. The topological polar surface area (TPSA) is 18.5 Å². The van der Waals surface area contributed by atoms with Gasteiger partial charge >= 0.3 is 0 Å². The number of methoxy groups -OCH3 is 2. The average molecular weight is 332 g/mol. The van der Waals surface area contributed by atoms with Crippen molar-refractivity contribution in [3.8, 4) is 33.8 Å². The molecule has 0 aliphatic rings. The lowest BCUT2D eigenvalue weighted by Crippen LogP contribution is -2.00. The lowest BCUT2D eigenvalue weighted by Gasteiger charge is -2.19. The first kappa shape index (κ1) is 17.1. The molecule has 0 N–H and O–H groups in total. The first-order valence-corrected chi connectivity index (χ1v) is 8.56. The molecular formula is C23H24O2. The molecule has 0 aliphatic heterocycles. The summed E-state index contributed by atoms with van der Waals surface area (Å²) in [5, 5.41) is 0. The number of hydrogen-bond donors (Lipinski definition) is 0. The molecule has 0 saturated heterocycles. The predicted octanol–water partition coefficient (Wildman–Crippen LogP) is 6.16. The van der Waals surface area contributed by atoms with E-state index >= 15 is 0 Å². The molecule has 0 unspecified atom stereocenters. The number of hydrogen-bond acceptors (Lipinski definition) is 2. The van der Waals surface area contributed by atoms with Crippen molar-refractivity contribution in [3.63, 3.8) is 0 Å². The van der Waals surface area contributed by atoms with E-state index < -0.39 is 0 Å². The van der Waals surface area contributed by atoms with Gasteiger partial charge in [-0.2, -0.15) is 0 Å². The quantitative estimate of drug-likeness (QED) is 0.557. The summed E-state index contributed by atoms with van der Waals surface area (Å²) in [7, 11) is 3.43. The Bertz CT molecular complexity index is 826. The van der Waals surface area contributed by atoms with E-state index in [4.69, 9.17) is 9.47 Å². The minimum Gasteiger partial charge on any atom is -0.496 e. The van der Waals surface area contributed by atoms with Crippen LogP contribution in [0.3, 0.4) is 0 Å². The van der Waals surface area contributed by atoms with Crippen molar-refractivity contribution in [1.29, 1.82) is 0 Å². The van der Waals surface area contributed by atoms with Crippen LogP contribution in [0, 0.1) is 0 Å². The van der Waals surface area contributed by atoms with E-state index in [1.165, 1.54) is 16.7 Å². The summed E-state index contributed by atoms with van der Waals surface area (Å²) in [6.45, 7) is 4.30. The molecule has 0 spiro atoms. The normalized spacial score (nSPS) is 10.8. The summed E-state index contributed by atoms with van der Waals surface area (Å²) >= 11 is 0.